The van der Waals surface area contributed by atoms with Gasteiger partial charge in [-0.1, -0.05) is 36.4 Å². The average Bonchev–Trinajstić information content (AvgIpc) is 2.62. The number of anilines is 1. The molecule has 0 radical (unpaired) electrons. The number of hydrogen-bond donors (Lipinski definition) is 1. The van der Waals surface area contributed by atoms with E-state index in [0.717, 1.165) is 24.4 Å². The topological polar surface area (TPSA) is 41.6 Å². The number of benzene rings is 2. The zero-order chi connectivity index (χ0) is 16.9. The molecule has 1 aliphatic rings. The van der Waals surface area contributed by atoms with E-state index in [4.69, 9.17) is 4.74 Å². The Labute approximate surface area is 143 Å². The Bertz CT molecular complexity index is 714. The molecule has 0 fully saturated rings. The number of carbonyl (C=O) groups excluding carboxylic acids is 1. The van der Waals surface area contributed by atoms with E-state index in [1.165, 1.54) is 11.1 Å². The summed E-state index contributed by atoms with van der Waals surface area (Å²) < 4.78 is 5.62. The van der Waals surface area contributed by atoms with Crippen molar-refractivity contribution in [1.82, 2.24) is 4.90 Å². The molecule has 0 aromatic heterocycles. The summed E-state index contributed by atoms with van der Waals surface area (Å²) in [5, 5.41) is 3.30. The van der Waals surface area contributed by atoms with Crippen LogP contribution in [0.2, 0.25) is 0 Å². The van der Waals surface area contributed by atoms with Crippen LogP contribution in [0.4, 0.5) is 5.69 Å². The Kier molecular flexibility index (Phi) is 5.04. The van der Waals surface area contributed by atoms with Crippen molar-refractivity contribution in [3.05, 3.63) is 59.7 Å². The fourth-order valence-electron chi connectivity index (χ4n) is 3.12. The van der Waals surface area contributed by atoms with Gasteiger partial charge in [-0.15, -0.1) is 0 Å². The van der Waals surface area contributed by atoms with Crippen molar-refractivity contribution in [2.24, 2.45) is 0 Å². The van der Waals surface area contributed by atoms with Crippen molar-refractivity contribution in [3.8, 4) is 5.75 Å². The Hall–Kier alpha value is -2.49. The number of carbonyl (C=O) groups is 1. The maximum absolute atomic E-state index is 12.8. The van der Waals surface area contributed by atoms with Crippen molar-refractivity contribution in [1.29, 1.82) is 0 Å². The summed E-state index contributed by atoms with van der Waals surface area (Å²) in [6.45, 7) is 5.93. The molecule has 0 bridgehead atoms. The highest BCUT2D eigenvalue weighted by atomic mass is 16.5. The van der Waals surface area contributed by atoms with Crippen LogP contribution in [-0.2, 0) is 17.8 Å². The number of ether oxygens (including phenoxy) is 1. The van der Waals surface area contributed by atoms with Gasteiger partial charge in [0, 0.05) is 13.1 Å². The van der Waals surface area contributed by atoms with E-state index >= 15 is 0 Å². The van der Waals surface area contributed by atoms with E-state index in [1.54, 1.807) is 0 Å². The van der Waals surface area contributed by atoms with Crippen LogP contribution in [0.3, 0.4) is 0 Å². The molecule has 0 aliphatic carbocycles. The minimum Gasteiger partial charge on any atom is -0.492 e. The lowest BCUT2D eigenvalue weighted by atomic mass is 9.99. The first-order chi connectivity index (χ1) is 11.7. The van der Waals surface area contributed by atoms with E-state index in [0.29, 0.717) is 13.2 Å². The van der Waals surface area contributed by atoms with Crippen molar-refractivity contribution in [2.75, 3.05) is 18.5 Å². The molecule has 3 rings (SSSR count). The predicted octanol–water partition coefficient (Wildman–Crippen LogP) is 3.47. The highest BCUT2D eigenvalue weighted by Gasteiger charge is 2.24. The zero-order valence-electron chi connectivity index (χ0n) is 14.3. The number of nitrogens with one attached hydrogen (secondary N) is 1. The maximum Gasteiger partial charge on any atom is 0.245 e. The number of rotatable bonds is 5. The molecule has 2 aromatic rings. The van der Waals surface area contributed by atoms with E-state index < -0.39 is 0 Å². The number of hydrogen-bond acceptors (Lipinski definition) is 3. The van der Waals surface area contributed by atoms with E-state index in [9.17, 15) is 4.79 Å². The maximum atomic E-state index is 12.8. The summed E-state index contributed by atoms with van der Waals surface area (Å²) in [4.78, 5) is 14.7. The molecule has 0 saturated carbocycles. The summed E-state index contributed by atoms with van der Waals surface area (Å²) in [5.41, 5.74) is 3.46. The molecule has 1 atom stereocenters. The number of nitrogens with zero attached hydrogens (tertiary/aromatic N) is 1. The lowest BCUT2D eigenvalue weighted by molar-refractivity contribution is -0.132. The average molecular weight is 324 g/mol. The van der Waals surface area contributed by atoms with Crippen LogP contribution < -0.4 is 10.1 Å². The summed E-state index contributed by atoms with van der Waals surface area (Å²) >= 11 is 0. The summed E-state index contributed by atoms with van der Waals surface area (Å²) in [7, 11) is 0. The monoisotopic (exact) mass is 324 g/mol. The molecule has 24 heavy (non-hydrogen) atoms. The molecule has 1 amide bonds. The SMILES string of the molecule is CCOc1ccccc1N[C@@H](C)C(=O)N1CCc2ccccc2C1. The number of para-hydroxylation sites is 2. The smallest absolute Gasteiger partial charge is 0.245 e. The minimum atomic E-state index is -0.295. The summed E-state index contributed by atoms with van der Waals surface area (Å²) in [6.07, 6.45) is 0.921. The largest absolute Gasteiger partial charge is 0.492 e. The van der Waals surface area contributed by atoms with Crippen LogP contribution in [0.25, 0.3) is 0 Å². The predicted molar refractivity (Wildman–Crippen MR) is 96.3 cm³/mol. The van der Waals surface area contributed by atoms with Gasteiger partial charge in [-0.25, -0.2) is 0 Å². The molecule has 2 aromatic carbocycles. The third-order valence-electron chi connectivity index (χ3n) is 4.37. The van der Waals surface area contributed by atoms with E-state index in [-0.39, 0.29) is 11.9 Å². The third kappa shape index (κ3) is 3.53. The van der Waals surface area contributed by atoms with Gasteiger partial charge >= 0.3 is 0 Å². The second-order valence-electron chi connectivity index (χ2n) is 6.07. The molecule has 1 N–H and O–H groups in total. The molecule has 1 aliphatic heterocycles. The van der Waals surface area contributed by atoms with Gasteiger partial charge in [0.05, 0.1) is 12.3 Å². The van der Waals surface area contributed by atoms with Gasteiger partial charge in [-0.05, 0) is 43.5 Å². The lowest BCUT2D eigenvalue weighted by Crippen LogP contribution is -2.43. The Morgan fingerprint density at radius 1 is 1.17 bits per heavy atom. The fraction of sp³-hybridized carbons (Fsp3) is 0.350. The molecular weight excluding hydrogens is 300 g/mol. The van der Waals surface area contributed by atoms with Crippen molar-refractivity contribution in [3.63, 3.8) is 0 Å². The Morgan fingerprint density at radius 2 is 1.88 bits per heavy atom. The van der Waals surface area contributed by atoms with Gasteiger partial charge in [0.1, 0.15) is 11.8 Å². The lowest BCUT2D eigenvalue weighted by Gasteiger charge is -2.31. The summed E-state index contributed by atoms with van der Waals surface area (Å²) in [5.74, 6) is 0.902. The van der Waals surface area contributed by atoms with Gasteiger partial charge in [-0.2, -0.15) is 0 Å². The molecule has 1 heterocycles. The van der Waals surface area contributed by atoms with E-state index in [1.807, 2.05) is 49.1 Å². The van der Waals surface area contributed by atoms with Gasteiger partial charge in [0.25, 0.3) is 0 Å². The zero-order valence-corrected chi connectivity index (χ0v) is 14.3. The van der Waals surface area contributed by atoms with Crippen LogP contribution in [0, 0.1) is 0 Å². The van der Waals surface area contributed by atoms with Crippen LogP contribution in [0.15, 0.2) is 48.5 Å². The van der Waals surface area contributed by atoms with Gasteiger partial charge in [-0.3, -0.25) is 4.79 Å². The van der Waals surface area contributed by atoms with E-state index in [2.05, 4.69) is 23.5 Å². The third-order valence-corrected chi connectivity index (χ3v) is 4.37. The molecule has 4 nitrogen and oxygen atoms in total. The quantitative estimate of drug-likeness (QED) is 0.915. The second kappa shape index (κ2) is 7.39. The normalized spacial score (nSPS) is 14.7. The molecule has 0 spiro atoms. The molecule has 126 valence electrons. The highest BCUT2D eigenvalue weighted by Crippen LogP contribution is 2.25. The highest BCUT2D eigenvalue weighted by molar-refractivity contribution is 5.85. The van der Waals surface area contributed by atoms with Crippen molar-refractivity contribution >= 4 is 11.6 Å². The Morgan fingerprint density at radius 3 is 2.67 bits per heavy atom. The van der Waals surface area contributed by atoms with Crippen LogP contribution >= 0.6 is 0 Å². The standard InChI is InChI=1S/C20H24N2O2/c1-3-24-19-11-7-6-10-18(19)21-15(2)20(23)22-13-12-16-8-4-5-9-17(16)14-22/h4-11,15,21H,3,12-14H2,1-2H3/t15-/m0/s1. The van der Waals surface area contributed by atoms with Crippen molar-refractivity contribution < 1.29 is 9.53 Å². The first kappa shape index (κ1) is 16.4. The fourth-order valence-corrected chi connectivity index (χ4v) is 3.12. The molecule has 0 saturated heterocycles. The molecular formula is C20H24N2O2. The first-order valence-electron chi connectivity index (χ1n) is 8.53. The molecule has 4 heteroatoms. The summed E-state index contributed by atoms with van der Waals surface area (Å²) in [6, 6.07) is 15.8. The Balaban J connectivity index is 1.68. The second-order valence-corrected chi connectivity index (χ2v) is 6.07. The molecule has 0 unspecified atom stereocenters. The minimum absolute atomic E-state index is 0.121. The van der Waals surface area contributed by atoms with Crippen molar-refractivity contribution in [2.45, 2.75) is 32.9 Å². The first-order valence-corrected chi connectivity index (χ1v) is 8.53. The van der Waals surface area contributed by atoms with Gasteiger partial charge in [0.2, 0.25) is 5.91 Å². The van der Waals surface area contributed by atoms with Crippen LogP contribution in [-0.4, -0.2) is 30.0 Å². The number of amides is 1. The van der Waals surface area contributed by atoms with Crippen LogP contribution in [0.5, 0.6) is 5.75 Å². The van der Waals surface area contributed by atoms with Crippen LogP contribution in [0.1, 0.15) is 25.0 Å². The van der Waals surface area contributed by atoms with Gasteiger partial charge in [0.15, 0.2) is 0 Å². The number of fused-ring (bicyclic) bond motifs is 1. The van der Waals surface area contributed by atoms with Gasteiger partial charge < -0.3 is 15.0 Å².